The second kappa shape index (κ2) is 7.90. The average Bonchev–Trinajstić information content (AvgIpc) is 3.28. The summed E-state index contributed by atoms with van der Waals surface area (Å²) >= 11 is 6.33. The molecular formula is C23H20ClFN4O2. The Hall–Kier alpha value is -3.03. The summed E-state index contributed by atoms with van der Waals surface area (Å²) in [5.41, 5.74) is 2.58. The van der Waals surface area contributed by atoms with E-state index in [0.29, 0.717) is 6.54 Å². The van der Waals surface area contributed by atoms with Crippen molar-refractivity contribution in [1.82, 2.24) is 20.1 Å². The molecule has 5 rings (SSSR count). The van der Waals surface area contributed by atoms with Crippen molar-refractivity contribution in [3.8, 4) is 0 Å². The first kappa shape index (κ1) is 19.9. The van der Waals surface area contributed by atoms with Gasteiger partial charge in [0, 0.05) is 29.5 Å². The molecule has 0 bridgehead atoms. The molecule has 8 heteroatoms. The van der Waals surface area contributed by atoms with Crippen LogP contribution in [0.2, 0.25) is 5.02 Å². The molecule has 0 amide bonds. The van der Waals surface area contributed by atoms with E-state index in [-0.39, 0.29) is 34.1 Å². The Morgan fingerprint density at radius 1 is 1.19 bits per heavy atom. The van der Waals surface area contributed by atoms with E-state index in [0.717, 1.165) is 17.5 Å². The number of nitrogens with zero attached hydrogens (tertiary/aromatic N) is 3. The van der Waals surface area contributed by atoms with Gasteiger partial charge in [-0.25, -0.2) is 14.1 Å². The summed E-state index contributed by atoms with van der Waals surface area (Å²) in [6, 6.07) is 11.0. The van der Waals surface area contributed by atoms with Crippen LogP contribution < -0.4 is 5.32 Å². The monoisotopic (exact) mass is 438 g/mol. The number of rotatable bonds is 3. The lowest BCUT2D eigenvalue weighted by molar-refractivity contribution is -0.117. The molecule has 0 saturated carbocycles. The first-order chi connectivity index (χ1) is 15.1. The minimum Gasteiger partial charge on any atom is -0.510 e. The van der Waals surface area contributed by atoms with Crippen molar-refractivity contribution >= 4 is 17.4 Å². The van der Waals surface area contributed by atoms with Crippen molar-refractivity contribution < 1.29 is 14.3 Å². The molecule has 0 spiro atoms. The quantitative estimate of drug-likeness (QED) is 0.644. The predicted octanol–water partition coefficient (Wildman–Crippen LogP) is 4.07. The van der Waals surface area contributed by atoms with E-state index in [9.17, 15) is 14.3 Å². The number of nitrogens with one attached hydrogen (secondary N) is 1. The minimum atomic E-state index is -0.805. The third-order valence-corrected chi connectivity index (χ3v) is 6.46. The Morgan fingerprint density at radius 2 is 2.03 bits per heavy atom. The van der Waals surface area contributed by atoms with Gasteiger partial charge in [0.05, 0.1) is 11.6 Å². The number of carbonyl (C=O) groups is 1. The van der Waals surface area contributed by atoms with Gasteiger partial charge in [-0.3, -0.25) is 4.79 Å². The van der Waals surface area contributed by atoms with Crippen LogP contribution >= 0.6 is 11.6 Å². The summed E-state index contributed by atoms with van der Waals surface area (Å²) in [7, 11) is 0. The van der Waals surface area contributed by atoms with Gasteiger partial charge in [0.2, 0.25) is 0 Å². The number of halogens is 2. The number of benzene rings is 2. The zero-order chi connectivity index (χ0) is 21.5. The number of fused-ring (bicyclic) bond motifs is 1. The van der Waals surface area contributed by atoms with Gasteiger partial charge < -0.3 is 10.4 Å². The van der Waals surface area contributed by atoms with Crippen LogP contribution in [0.3, 0.4) is 0 Å². The molecule has 0 fully saturated rings. The number of aliphatic hydroxyl groups is 1. The fourth-order valence-electron chi connectivity index (χ4n) is 4.78. The van der Waals surface area contributed by atoms with Crippen LogP contribution in [0.1, 0.15) is 41.1 Å². The predicted molar refractivity (Wildman–Crippen MR) is 113 cm³/mol. The van der Waals surface area contributed by atoms with E-state index in [2.05, 4.69) is 15.4 Å². The number of hydrogen-bond donors (Lipinski definition) is 2. The number of aromatic nitrogens is 3. The molecule has 3 aromatic rings. The van der Waals surface area contributed by atoms with Gasteiger partial charge in [-0.2, -0.15) is 5.10 Å². The summed E-state index contributed by atoms with van der Waals surface area (Å²) < 4.78 is 16.3. The molecule has 3 atom stereocenters. The van der Waals surface area contributed by atoms with Crippen molar-refractivity contribution in [2.45, 2.75) is 30.8 Å². The van der Waals surface area contributed by atoms with E-state index in [4.69, 9.17) is 11.6 Å². The molecule has 1 aliphatic heterocycles. The van der Waals surface area contributed by atoms with Crippen molar-refractivity contribution in [2.75, 3.05) is 6.54 Å². The molecule has 1 aliphatic carbocycles. The maximum atomic E-state index is 14.8. The number of ketones is 1. The van der Waals surface area contributed by atoms with Gasteiger partial charge in [0.15, 0.2) is 5.78 Å². The number of aliphatic hydroxyl groups excluding tert-OH is 1. The van der Waals surface area contributed by atoms with E-state index in [1.807, 2.05) is 24.3 Å². The topological polar surface area (TPSA) is 80.0 Å². The van der Waals surface area contributed by atoms with Gasteiger partial charge >= 0.3 is 0 Å². The normalized spacial score (nSPS) is 23.7. The fraction of sp³-hybridized carbons (Fsp3) is 0.261. The second-order valence-electron chi connectivity index (χ2n) is 7.82. The minimum absolute atomic E-state index is 0.00901. The van der Waals surface area contributed by atoms with Gasteiger partial charge in [-0.1, -0.05) is 41.9 Å². The van der Waals surface area contributed by atoms with Crippen molar-refractivity contribution in [2.24, 2.45) is 0 Å². The zero-order valence-corrected chi connectivity index (χ0v) is 17.3. The summed E-state index contributed by atoms with van der Waals surface area (Å²) in [5, 5.41) is 19.2. The van der Waals surface area contributed by atoms with E-state index in [1.54, 1.807) is 6.07 Å². The molecule has 0 unspecified atom stereocenters. The molecule has 2 aromatic carbocycles. The highest BCUT2D eigenvalue weighted by Crippen LogP contribution is 2.47. The summed E-state index contributed by atoms with van der Waals surface area (Å²) in [5.74, 6) is -1.62. The SMILES string of the molecule is O=C1C[C@@H](c2c(F)cccc2Cl)[C@H](n2cncn2)C(O)=C1[C@H]1NCCc2ccccc21. The maximum absolute atomic E-state index is 14.8. The molecule has 2 heterocycles. The average molecular weight is 439 g/mol. The van der Waals surface area contributed by atoms with Gasteiger partial charge in [0.25, 0.3) is 0 Å². The number of hydrogen-bond acceptors (Lipinski definition) is 5. The summed E-state index contributed by atoms with van der Waals surface area (Å²) in [6.07, 6.45) is 3.63. The molecule has 6 nitrogen and oxygen atoms in total. The smallest absolute Gasteiger partial charge is 0.164 e. The number of allylic oxidation sites excluding steroid dienone is 1. The molecule has 2 N–H and O–H groups in total. The molecular weight excluding hydrogens is 419 g/mol. The Kier molecular flexibility index (Phi) is 5.08. The largest absolute Gasteiger partial charge is 0.510 e. The van der Waals surface area contributed by atoms with Crippen LogP contribution in [0.15, 0.2) is 66.5 Å². The highest BCUT2D eigenvalue weighted by molar-refractivity contribution is 6.31. The molecule has 0 saturated heterocycles. The highest BCUT2D eigenvalue weighted by Gasteiger charge is 2.44. The van der Waals surface area contributed by atoms with Crippen molar-refractivity contribution in [1.29, 1.82) is 0 Å². The molecule has 158 valence electrons. The summed E-state index contributed by atoms with van der Waals surface area (Å²) in [6.45, 7) is 0.683. The van der Waals surface area contributed by atoms with E-state index in [1.165, 1.54) is 29.5 Å². The Bertz CT molecular complexity index is 1160. The number of Topliss-reactive ketones (excluding diaryl/α,β-unsaturated/α-hetero) is 1. The summed E-state index contributed by atoms with van der Waals surface area (Å²) in [4.78, 5) is 17.4. The fourth-order valence-corrected chi connectivity index (χ4v) is 5.08. The van der Waals surface area contributed by atoms with Crippen molar-refractivity contribution in [3.05, 3.63) is 94.0 Å². The number of carbonyl (C=O) groups excluding carboxylic acids is 1. The Balaban J connectivity index is 1.68. The van der Waals surface area contributed by atoms with E-state index < -0.39 is 23.8 Å². The van der Waals surface area contributed by atoms with Crippen LogP contribution in [-0.4, -0.2) is 32.2 Å². The van der Waals surface area contributed by atoms with Crippen molar-refractivity contribution in [3.63, 3.8) is 0 Å². The molecule has 31 heavy (non-hydrogen) atoms. The molecule has 2 aliphatic rings. The third-order valence-electron chi connectivity index (χ3n) is 6.13. The first-order valence-electron chi connectivity index (χ1n) is 10.1. The lowest BCUT2D eigenvalue weighted by Crippen LogP contribution is -2.38. The first-order valence-corrected chi connectivity index (χ1v) is 10.5. The molecule has 0 radical (unpaired) electrons. The second-order valence-corrected chi connectivity index (χ2v) is 8.23. The lowest BCUT2D eigenvalue weighted by Gasteiger charge is -2.37. The van der Waals surface area contributed by atoms with Crippen LogP contribution in [0.4, 0.5) is 4.39 Å². The zero-order valence-electron chi connectivity index (χ0n) is 16.5. The maximum Gasteiger partial charge on any atom is 0.164 e. The Labute approximate surface area is 183 Å². The standard InChI is InChI=1S/C23H20ClFN4O2/c24-16-6-3-7-17(25)19(16)15-10-18(30)20(23(31)22(15)29-12-26-11-28-29)21-14-5-2-1-4-13(14)8-9-27-21/h1-7,11-12,15,21-22,27,31H,8-10H2/t15-,21-,22-/m0/s1. The lowest BCUT2D eigenvalue weighted by atomic mass is 9.75. The third kappa shape index (κ3) is 3.34. The van der Waals surface area contributed by atoms with Crippen LogP contribution in [0.25, 0.3) is 0 Å². The van der Waals surface area contributed by atoms with Crippen LogP contribution in [-0.2, 0) is 11.2 Å². The van der Waals surface area contributed by atoms with E-state index >= 15 is 0 Å². The van der Waals surface area contributed by atoms with Gasteiger partial charge in [-0.15, -0.1) is 0 Å². The van der Waals surface area contributed by atoms with Gasteiger partial charge in [-0.05, 0) is 29.7 Å². The highest BCUT2D eigenvalue weighted by atomic mass is 35.5. The molecule has 1 aromatic heterocycles. The van der Waals surface area contributed by atoms with Crippen LogP contribution in [0, 0.1) is 5.82 Å². The van der Waals surface area contributed by atoms with Gasteiger partial charge in [0.1, 0.15) is 30.3 Å². The van der Waals surface area contributed by atoms with Crippen LogP contribution in [0.5, 0.6) is 0 Å². The Morgan fingerprint density at radius 3 is 2.81 bits per heavy atom.